The number of ether oxygens (including phenoxy) is 1. The van der Waals surface area contributed by atoms with Crippen molar-refractivity contribution >= 4 is 28.7 Å². The van der Waals surface area contributed by atoms with Gasteiger partial charge in [-0.3, -0.25) is 4.68 Å². The van der Waals surface area contributed by atoms with E-state index in [1.165, 1.54) is 0 Å². The molecule has 8 heteroatoms. The van der Waals surface area contributed by atoms with Gasteiger partial charge in [0.2, 0.25) is 0 Å². The molecule has 0 bridgehead atoms. The van der Waals surface area contributed by atoms with Crippen molar-refractivity contribution < 1.29 is 4.74 Å². The van der Waals surface area contributed by atoms with Crippen LogP contribution in [0.4, 0.5) is 11.4 Å². The molecule has 2 aromatic rings. The van der Waals surface area contributed by atoms with Crippen molar-refractivity contribution in [1.29, 1.82) is 0 Å². The predicted molar refractivity (Wildman–Crippen MR) is 81.6 cm³/mol. The van der Waals surface area contributed by atoms with E-state index in [1.807, 2.05) is 27.1 Å². The summed E-state index contributed by atoms with van der Waals surface area (Å²) in [5, 5.41) is 15.0. The summed E-state index contributed by atoms with van der Waals surface area (Å²) >= 11 is 5.26. The summed E-state index contributed by atoms with van der Waals surface area (Å²) in [6.45, 7) is 5.00. The molecule has 0 aliphatic heterocycles. The van der Waals surface area contributed by atoms with E-state index in [0.717, 1.165) is 17.1 Å². The van der Waals surface area contributed by atoms with Crippen LogP contribution in [-0.4, -0.2) is 31.3 Å². The lowest BCUT2D eigenvalue weighted by Crippen LogP contribution is -2.19. The predicted octanol–water partition coefficient (Wildman–Crippen LogP) is 1.73. The lowest BCUT2D eigenvalue weighted by molar-refractivity contribution is 0.0792. The lowest BCUT2D eigenvalue weighted by Gasteiger charge is -2.08. The van der Waals surface area contributed by atoms with Crippen LogP contribution in [0.25, 0.3) is 0 Å². The Balaban J connectivity index is 1.91. The van der Waals surface area contributed by atoms with E-state index in [-0.39, 0.29) is 0 Å². The first-order valence-electron chi connectivity index (χ1n) is 6.27. The standard InChI is InChI=1S/C12H18N6OS/c1-4-19-8-18-7-10(5-14-18)15-12(20)16-11-6-13-17(3)9(11)2/h5-7H,4,8H2,1-3H3,(H2,15,16,20). The summed E-state index contributed by atoms with van der Waals surface area (Å²) in [5.41, 5.74) is 2.71. The second kappa shape index (κ2) is 6.49. The third-order valence-corrected chi connectivity index (χ3v) is 3.01. The van der Waals surface area contributed by atoms with Crippen LogP contribution in [0.5, 0.6) is 0 Å². The van der Waals surface area contributed by atoms with E-state index >= 15 is 0 Å². The van der Waals surface area contributed by atoms with Gasteiger partial charge in [0.25, 0.3) is 0 Å². The SMILES string of the molecule is CCOCn1cc(NC(=S)Nc2cnn(C)c2C)cn1. The number of nitrogens with one attached hydrogen (secondary N) is 2. The highest BCUT2D eigenvalue weighted by atomic mass is 32.1. The molecule has 2 N–H and O–H groups in total. The van der Waals surface area contributed by atoms with Gasteiger partial charge in [-0.25, -0.2) is 4.68 Å². The van der Waals surface area contributed by atoms with Crippen LogP contribution in [0.15, 0.2) is 18.6 Å². The van der Waals surface area contributed by atoms with Gasteiger partial charge in [0.15, 0.2) is 5.11 Å². The summed E-state index contributed by atoms with van der Waals surface area (Å²) in [6.07, 6.45) is 5.27. The Morgan fingerprint density at radius 2 is 2.15 bits per heavy atom. The van der Waals surface area contributed by atoms with E-state index < -0.39 is 0 Å². The number of rotatable bonds is 5. The summed E-state index contributed by atoms with van der Waals surface area (Å²) in [5.74, 6) is 0. The quantitative estimate of drug-likeness (QED) is 0.819. The van der Waals surface area contributed by atoms with Gasteiger partial charge in [0, 0.05) is 13.7 Å². The highest BCUT2D eigenvalue weighted by molar-refractivity contribution is 7.80. The normalized spacial score (nSPS) is 10.6. The number of anilines is 2. The zero-order valence-electron chi connectivity index (χ0n) is 11.8. The molecule has 0 spiro atoms. The second-order valence-electron chi connectivity index (χ2n) is 4.24. The number of hydrogen-bond acceptors (Lipinski definition) is 4. The van der Waals surface area contributed by atoms with Gasteiger partial charge >= 0.3 is 0 Å². The highest BCUT2D eigenvalue weighted by Gasteiger charge is 2.06. The van der Waals surface area contributed by atoms with Gasteiger partial charge in [-0.2, -0.15) is 10.2 Å². The minimum atomic E-state index is 0.431. The molecule has 2 rings (SSSR count). The molecule has 0 aliphatic rings. The van der Waals surface area contributed by atoms with Crippen LogP contribution < -0.4 is 10.6 Å². The first-order valence-corrected chi connectivity index (χ1v) is 6.67. The number of aryl methyl sites for hydroxylation is 1. The van der Waals surface area contributed by atoms with Crippen molar-refractivity contribution in [1.82, 2.24) is 19.6 Å². The third-order valence-electron chi connectivity index (χ3n) is 2.80. The summed E-state index contributed by atoms with van der Waals surface area (Å²) < 4.78 is 8.75. The van der Waals surface area contributed by atoms with Crippen LogP contribution in [-0.2, 0) is 18.5 Å². The minimum Gasteiger partial charge on any atom is -0.360 e. The molecule has 0 amide bonds. The van der Waals surface area contributed by atoms with Crippen LogP contribution in [0, 0.1) is 6.92 Å². The Hall–Kier alpha value is -1.93. The molecule has 2 aromatic heterocycles. The van der Waals surface area contributed by atoms with Crippen LogP contribution in [0.2, 0.25) is 0 Å². The maximum Gasteiger partial charge on any atom is 0.175 e. The Labute approximate surface area is 122 Å². The fraction of sp³-hybridized carbons (Fsp3) is 0.417. The monoisotopic (exact) mass is 294 g/mol. The number of hydrogen-bond donors (Lipinski definition) is 2. The fourth-order valence-corrected chi connectivity index (χ4v) is 1.82. The molecule has 0 unspecified atom stereocenters. The Bertz CT molecular complexity index is 591. The molecule has 0 atom stereocenters. The third kappa shape index (κ3) is 3.55. The van der Waals surface area contributed by atoms with Crippen molar-refractivity contribution in [2.45, 2.75) is 20.6 Å². The minimum absolute atomic E-state index is 0.431. The molecule has 0 saturated carbocycles. The van der Waals surface area contributed by atoms with Gasteiger partial charge in [-0.1, -0.05) is 0 Å². The number of aromatic nitrogens is 4. The van der Waals surface area contributed by atoms with Gasteiger partial charge in [-0.05, 0) is 26.1 Å². The molecule has 108 valence electrons. The molecule has 7 nitrogen and oxygen atoms in total. The molecule has 0 aromatic carbocycles. The van der Waals surface area contributed by atoms with Gasteiger partial charge in [0.05, 0.1) is 35.7 Å². The van der Waals surface area contributed by atoms with Crippen molar-refractivity contribution in [3.05, 3.63) is 24.3 Å². The van der Waals surface area contributed by atoms with E-state index in [2.05, 4.69) is 20.8 Å². The molecule has 0 aliphatic carbocycles. The highest BCUT2D eigenvalue weighted by Crippen LogP contribution is 2.13. The van der Waals surface area contributed by atoms with E-state index in [0.29, 0.717) is 18.5 Å². The largest absolute Gasteiger partial charge is 0.360 e. The Morgan fingerprint density at radius 1 is 1.35 bits per heavy atom. The molecule has 20 heavy (non-hydrogen) atoms. The first-order chi connectivity index (χ1) is 9.60. The topological polar surface area (TPSA) is 68.9 Å². The summed E-state index contributed by atoms with van der Waals surface area (Å²) in [7, 11) is 1.88. The van der Waals surface area contributed by atoms with Gasteiger partial charge in [-0.15, -0.1) is 0 Å². The van der Waals surface area contributed by atoms with Crippen LogP contribution in [0.1, 0.15) is 12.6 Å². The fourth-order valence-electron chi connectivity index (χ4n) is 1.59. The van der Waals surface area contributed by atoms with Gasteiger partial charge in [0.1, 0.15) is 6.73 Å². The molecular formula is C12H18N6OS. The van der Waals surface area contributed by atoms with Crippen LogP contribution >= 0.6 is 12.2 Å². The molecule has 2 heterocycles. The molecule has 0 radical (unpaired) electrons. The van der Waals surface area contributed by atoms with Crippen molar-refractivity contribution in [2.75, 3.05) is 17.2 Å². The zero-order chi connectivity index (χ0) is 14.5. The Kier molecular flexibility index (Phi) is 4.70. The maximum absolute atomic E-state index is 5.27. The number of thiocarbonyl (C=S) groups is 1. The van der Waals surface area contributed by atoms with Crippen LogP contribution in [0.3, 0.4) is 0 Å². The number of nitrogens with zero attached hydrogens (tertiary/aromatic N) is 4. The molecule has 0 saturated heterocycles. The smallest absolute Gasteiger partial charge is 0.175 e. The zero-order valence-corrected chi connectivity index (χ0v) is 12.6. The average molecular weight is 294 g/mol. The van der Waals surface area contributed by atoms with Crippen molar-refractivity contribution in [3.63, 3.8) is 0 Å². The first kappa shape index (κ1) is 14.5. The summed E-state index contributed by atoms with van der Waals surface area (Å²) in [4.78, 5) is 0. The second-order valence-corrected chi connectivity index (χ2v) is 4.65. The van der Waals surface area contributed by atoms with Gasteiger partial charge < -0.3 is 15.4 Å². The average Bonchev–Trinajstić information content (AvgIpc) is 2.98. The lowest BCUT2D eigenvalue weighted by atomic mass is 10.4. The van der Waals surface area contributed by atoms with Crippen molar-refractivity contribution in [2.24, 2.45) is 7.05 Å². The van der Waals surface area contributed by atoms with Crippen molar-refractivity contribution in [3.8, 4) is 0 Å². The molecule has 0 fully saturated rings. The maximum atomic E-state index is 5.27. The van der Waals surface area contributed by atoms with E-state index in [4.69, 9.17) is 17.0 Å². The van der Waals surface area contributed by atoms with E-state index in [1.54, 1.807) is 21.8 Å². The molecular weight excluding hydrogens is 276 g/mol. The summed E-state index contributed by atoms with van der Waals surface area (Å²) in [6, 6.07) is 0. The van der Waals surface area contributed by atoms with E-state index in [9.17, 15) is 0 Å². The Morgan fingerprint density at radius 3 is 2.80 bits per heavy atom.